The Morgan fingerprint density at radius 3 is 2.15 bits per heavy atom. The first-order chi connectivity index (χ1) is 18.5. The van der Waals surface area contributed by atoms with Crippen molar-refractivity contribution in [2.24, 2.45) is 0 Å². The lowest BCUT2D eigenvalue weighted by atomic mass is 10.1. The second kappa shape index (κ2) is 13.4. The SMILES string of the molecule is CCCCNC(=O)C(C)N(Cc1cccc(C)c1)C(=O)CN(c1cc(C)cc(C)c1)S(=O)(=O)c1ccccc1. The van der Waals surface area contributed by atoms with E-state index in [0.717, 1.165) is 39.4 Å². The third-order valence-corrected chi connectivity index (χ3v) is 8.32. The zero-order chi connectivity index (χ0) is 28.6. The lowest BCUT2D eigenvalue weighted by Gasteiger charge is -2.32. The van der Waals surface area contributed by atoms with E-state index in [1.165, 1.54) is 17.0 Å². The molecule has 0 heterocycles. The molecule has 3 rings (SSSR count). The van der Waals surface area contributed by atoms with Crippen LogP contribution in [0.15, 0.2) is 77.7 Å². The molecule has 0 spiro atoms. The van der Waals surface area contributed by atoms with E-state index < -0.39 is 28.5 Å². The van der Waals surface area contributed by atoms with Crippen LogP contribution in [0.1, 0.15) is 48.9 Å². The number of sulfonamides is 1. The van der Waals surface area contributed by atoms with Crippen molar-refractivity contribution < 1.29 is 18.0 Å². The van der Waals surface area contributed by atoms with Crippen molar-refractivity contribution in [3.63, 3.8) is 0 Å². The van der Waals surface area contributed by atoms with E-state index in [1.807, 2.05) is 58.0 Å². The van der Waals surface area contributed by atoms with E-state index in [-0.39, 0.29) is 17.3 Å². The summed E-state index contributed by atoms with van der Waals surface area (Å²) in [6.45, 7) is 9.71. The van der Waals surface area contributed by atoms with Gasteiger partial charge in [-0.3, -0.25) is 13.9 Å². The molecule has 1 atom stereocenters. The monoisotopic (exact) mass is 549 g/mol. The molecule has 1 N–H and O–H groups in total. The largest absolute Gasteiger partial charge is 0.354 e. The van der Waals surface area contributed by atoms with E-state index in [4.69, 9.17) is 0 Å². The Morgan fingerprint density at radius 2 is 1.54 bits per heavy atom. The molecule has 0 aliphatic carbocycles. The van der Waals surface area contributed by atoms with E-state index in [2.05, 4.69) is 5.32 Å². The zero-order valence-corrected chi connectivity index (χ0v) is 24.3. The van der Waals surface area contributed by atoms with Crippen molar-refractivity contribution >= 4 is 27.5 Å². The third-order valence-electron chi connectivity index (χ3n) is 6.54. The molecule has 7 nitrogen and oxygen atoms in total. The normalized spacial score (nSPS) is 12.0. The Bertz CT molecular complexity index is 1370. The predicted molar refractivity (Wildman–Crippen MR) is 156 cm³/mol. The van der Waals surface area contributed by atoms with Crippen LogP contribution < -0.4 is 9.62 Å². The molecule has 2 amide bonds. The number of unbranched alkanes of at least 4 members (excludes halogenated alkanes) is 1. The molecular weight excluding hydrogens is 510 g/mol. The topological polar surface area (TPSA) is 86.8 Å². The van der Waals surface area contributed by atoms with Gasteiger partial charge in [0.2, 0.25) is 11.8 Å². The van der Waals surface area contributed by atoms with Gasteiger partial charge in [0.15, 0.2) is 0 Å². The summed E-state index contributed by atoms with van der Waals surface area (Å²) in [7, 11) is -4.07. The zero-order valence-electron chi connectivity index (χ0n) is 23.5. The summed E-state index contributed by atoms with van der Waals surface area (Å²) >= 11 is 0. The van der Waals surface area contributed by atoms with E-state index in [0.29, 0.717) is 12.2 Å². The molecular formula is C31H39N3O4S. The summed E-state index contributed by atoms with van der Waals surface area (Å²) < 4.78 is 28.9. The molecule has 0 radical (unpaired) electrons. The summed E-state index contributed by atoms with van der Waals surface area (Å²) in [5, 5.41) is 2.91. The quantitative estimate of drug-likeness (QED) is 0.317. The van der Waals surface area contributed by atoms with Gasteiger partial charge in [-0.25, -0.2) is 8.42 Å². The van der Waals surface area contributed by atoms with Crippen molar-refractivity contribution in [3.8, 4) is 0 Å². The highest BCUT2D eigenvalue weighted by Gasteiger charge is 2.32. The Labute approximate surface area is 232 Å². The first-order valence-corrected chi connectivity index (χ1v) is 14.8. The highest BCUT2D eigenvalue weighted by atomic mass is 32.2. The maximum absolute atomic E-state index is 14.0. The van der Waals surface area contributed by atoms with Gasteiger partial charge in [-0.15, -0.1) is 0 Å². The molecule has 0 aromatic heterocycles. The number of rotatable bonds is 12. The number of benzene rings is 3. The fourth-order valence-electron chi connectivity index (χ4n) is 4.47. The van der Waals surface area contributed by atoms with Gasteiger partial charge in [0, 0.05) is 13.1 Å². The van der Waals surface area contributed by atoms with Crippen LogP contribution in [-0.4, -0.2) is 44.3 Å². The number of carbonyl (C=O) groups is 2. The van der Waals surface area contributed by atoms with Crippen LogP contribution in [0.2, 0.25) is 0 Å². The minimum Gasteiger partial charge on any atom is -0.354 e. The van der Waals surface area contributed by atoms with Gasteiger partial charge in [-0.2, -0.15) is 0 Å². The van der Waals surface area contributed by atoms with Crippen LogP contribution in [0.3, 0.4) is 0 Å². The molecule has 0 bridgehead atoms. The summed E-state index contributed by atoms with van der Waals surface area (Å²) in [4.78, 5) is 28.6. The highest BCUT2D eigenvalue weighted by Crippen LogP contribution is 2.26. The van der Waals surface area contributed by atoms with E-state index >= 15 is 0 Å². The third kappa shape index (κ3) is 7.93. The summed E-state index contributed by atoms with van der Waals surface area (Å²) in [5.41, 5.74) is 4.06. The van der Waals surface area contributed by atoms with Gasteiger partial charge in [-0.05, 0) is 75.1 Å². The number of aryl methyl sites for hydroxylation is 3. The molecule has 0 saturated carbocycles. The molecule has 0 aliphatic rings. The molecule has 0 saturated heterocycles. The molecule has 1 unspecified atom stereocenters. The lowest BCUT2D eigenvalue weighted by molar-refractivity contribution is -0.139. The van der Waals surface area contributed by atoms with Crippen LogP contribution in [0.4, 0.5) is 5.69 Å². The van der Waals surface area contributed by atoms with Crippen LogP contribution in [0, 0.1) is 20.8 Å². The average Bonchev–Trinajstić information content (AvgIpc) is 2.89. The molecule has 3 aromatic rings. The molecule has 39 heavy (non-hydrogen) atoms. The first-order valence-electron chi connectivity index (χ1n) is 13.3. The summed E-state index contributed by atoms with van der Waals surface area (Å²) in [6, 6.07) is 20.5. The second-order valence-electron chi connectivity index (χ2n) is 10.0. The van der Waals surface area contributed by atoms with Crippen molar-refractivity contribution in [1.29, 1.82) is 0 Å². The number of anilines is 1. The standard InChI is InChI=1S/C31H39N3O4S/c1-6-7-16-32-31(36)26(5)33(21-27-13-11-12-23(2)18-27)30(35)22-34(28-19-24(3)17-25(4)20-28)39(37,38)29-14-9-8-10-15-29/h8-15,17-20,26H,6-7,16,21-22H2,1-5H3,(H,32,36). The second-order valence-corrected chi connectivity index (χ2v) is 11.9. The maximum Gasteiger partial charge on any atom is 0.264 e. The fraction of sp³-hybridized carbons (Fsp3) is 0.355. The van der Waals surface area contributed by atoms with E-state index in [9.17, 15) is 18.0 Å². The number of hydrogen-bond acceptors (Lipinski definition) is 4. The lowest BCUT2D eigenvalue weighted by Crippen LogP contribution is -2.51. The molecule has 0 fully saturated rings. The Balaban J connectivity index is 2.02. The van der Waals surface area contributed by atoms with Gasteiger partial charge >= 0.3 is 0 Å². The number of hydrogen-bond donors (Lipinski definition) is 1. The molecule has 8 heteroatoms. The average molecular weight is 550 g/mol. The summed E-state index contributed by atoms with van der Waals surface area (Å²) in [6.07, 6.45) is 1.77. The number of amides is 2. The van der Waals surface area contributed by atoms with Gasteiger partial charge in [-0.1, -0.05) is 67.4 Å². The predicted octanol–water partition coefficient (Wildman–Crippen LogP) is 5.14. The van der Waals surface area contributed by atoms with Gasteiger partial charge in [0.1, 0.15) is 12.6 Å². The Kier molecular flexibility index (Phi) is 10.3. The van der Waals surface area contributed by atoms with Crippen LogP contribution in [0.5, 0.6) is 0 Å². The van der Waals surface area contributed by atoms with Crippen LogP contribution in [0.25, 0.3) is 0 Å². The van der Waals surface area contributed by atoms with Crippen molar-refractivity contribution in [2.75, 3.05) is 17.4 Å². The smallest absolute Gasteiger partial charge is 0.264 e. The molecule has 0 aliphatic heterocycles. The summed E-state index contributed by atoms with van der Waals surface area (Å²) in [5.74, 6) is -0.735. The first kappa shape index (κ1) is 29.9. The van der Waals surface area contributed by atoms with Crippen molar-refractivity contribution in [2.45, 2.75) is 64.9 Å². The minimum atomic E-state index is -4.07. The van der Waals surface area contributed by atoms with E-state index in [1.54, 1.807) is 37.3 Å². The number of carbonyl (C=O) groups excluding carboxylic acids is 2. The van der Waals surface area contributed by atoms with Crippen molar-refractivity contribution in [1.82, 2.24) is 10.2 Å². The highest BCUT2D eigenvalue weighted by molar-refractivity contribution is 7.92. The van der Waals surface area contributed by atoms with Crippen LogP contribution >= 0.6 is 0 Å². The van der Waals surface area contributed by atoms with Gasteiger partial charge in [0.05, 0.1) is 10.6 Å². The fourth-order valence-corrected chi connectivity index (χ4v) is 5.89. The maximum atomic E-state index is 14.0. The minimum absolute atomic E-state index is 0.0903. The van der Waals surface area contributed by atoms with Gasteiger partial charge < -0.3 is 10.2 Å². The van der Waals surface area contributed by atoms with Gasteiger partial charge in [0.25, 0.3) is 10.0 Å². The van der Waals surface area contributed by atoms with Crippen molar-refractivity contribution in [3.05, 3.63) is 95.1 Å². The molecule has 208 valence electrons. The Morgan fingerprint density at radius 1 is 0.872 bits per heavy atom. The number of nitrogens with zero attached hydrogens (tertiary/aromatic N) is 2. The molecule has 3 aromatic carbocycles. The Hall–Kier alpha value is -3.65. The van der Waals surface area contributed by atoms with Crippen LogP contribution in [-0.2, 0) is 26.2 Å². The number of nitrogens with one attached hydrogen (secondary N) is 1.